The maximum absolute atomic E-state index is 11.4. The van der Waals surface area contributed by atoms with E-state index in [0.717, 1.165) is 19.3 Å². The summed E-state index contributed by atoms with van der Waals surface area (Å²) >= 11 is 0. The Balaban J connectivity index is 1.41. The third kappa shape index (κ3) is 4.80. The van der Waals surface area contributed by atoms with Crippen molar-refractivity contribution in [2.75, 3.05) is 11.0 Å². The van der Waals surface area contributed by atoms with Gasteiger partial charge < -0.3 is 5.32 Å². The van der Waals surface area contributed by atoms with Crippen LogP contribution in [0.3, 0.4) is 0 Å². The topological polar surface area (TPSA) is 58.2 Å². The molecule has 0 bridgehead atoms. The van der Waals surface area contributed by atoms with Crippen molar-refractivity contribution in [1.29, 1.82) is 0 Å². The molecule has 2 unspecified atom stereocenters. The normalized spacial score (nSPS) is 20.6. The van der Waals surface area contributed by atoms with Crippen LogP contribution in [0.15, 0.2) is 66.7 Å². The first-order chi connectivity index (χ1) is 13.9. The second-order valence-electron chi connectivity index (χ2n) is 8.16. The molecule has 4 nitrogen and oxygen atoms in total. The van der Waals surface area contributed by atoms with Crippen molar-refractivity contribution in [1.82, 2.24) is 5.32 Å². The summed E-state index contributed by atoms with van der Waals surface area (Å²) in [6.07, 6.45) is 4.58. The molecule has 0 aliphatic heterocycles. The molecule has 0 saturated heterocycles. The first-order valence-corrected chi connectivity index (χ1v) is 12.1. The lowest BCUT2D eigenvalue weighted by atomic mass is 9.96. The van der Waals surface area contributed by atoms with Gasteiger partial charge >= 0.3 is 0 Å². The van der Waals surface area contributed by atoms with Crippen LogP contribution in [0.2, 0.25) is 0 Å². The standard InChI is InChI=1S/C24H28N2O2S/c1-17(23-9-5-7-19-6-3-4-8-24(19)23)25-22-15-12-20(16-22)18-10-13-21(14-11-18)26-29(2,27)28/h3-11,13-14,17,20,22,25-26H,12,15-16H2,1-2H3/t17-,20?,22?/m1/s1. The van der Waals surface area contributed by atoms with Crippen molar-refractivity contribution >= 4 is 26.5 Å². The average Bonchev–Trinajstić information content (AvgIpc) is 3.15. The lowest BCUT2D eigenvalue weighted by Gasteiger charge is -2.21. The second-order valence-corrected chi connectivity index (χ2v) is 9.91. The van der Waals surface area contributed by atoms with Crippen molar-refractivity contribution in [3.8, 4) is 0 Å². The number of anilines is 1. The van der Waals surface area contributed by atoms with Gasteiger partial charge in [-0.15, -0.1) is 0 Å². The van der Waals surface area contributed by atoms with Gasteiger partial charge in [-0.1, -0.05) is 54.6 Å². The number of hydrogen-bond donors (Lipinski definition) is 2. The van der Waals surface area contributed by atoms with Crippen molar-refractivity contribution in [3.63, 3.8) is 0 Å². The molecule has 152 valence electrons. The lowest BCUT2D eigenvalue weighted by molar-refractivity contribution is 0.459. The summed E-state index contributed by atoms with van der Waals surface area (Å²) in [7, 11) is -3.23. The summed E-state index contributed by atoms with van der Waals surface area (Å²) in [5.41, 5.74) is 3.25. The number of nitrogens with one attached hydrogen (secondary N) is 2. The Kier molecular flexibility index (Phi) is 5.61. The molecule has 1 aliphatic rings. The summed E-state index contributed by atoms with van der Waals surface area (Å²) < 4.78 is 25.3. The lowest BCUT2D eigenvalue weighted by Crippen LogP contribution is -2.29. The molecular weight excluding hydrogens is 380 g/mol. The maximum Gasteiger partial charge on any atom is 0.229 e. The van der Waals surface area contributed by atoms with E-state index in [4.69, 9.17) is 0 Å². The van der Waals surface area contributed by atoms with Gasteiger partial charge in [0.25, 0.3) is 0 Å². The van der Waals surface area contributed by atoms with Gasteiger partial charge in [-0.05, 0) is 66.1 Å². The zero-order valence-electron chi connectivity index (χ0n) is 16.9. The van der Waals surface area contributed by atoms with E-state index in [1.54, 1.807) is 0 Å². The first-order valence-electron chi connectivity index (χ1n) is 10.2. The fourth-order valence-corrected chi connectivity index (χ4v) is 5.11. The minimum Gasteiger partial charge on any atom is -0.307 e. The van der Waals surface area contributed by atoms with Crippen LogP contribution in [0.25, 0.3) is 10.8 Å². The highest BCUT2D eigenvalue weighted by atomic mass is 32.2. The quantitative estimate of drug-likeness (QED) is 0.589. The van der Waals surface area contributed by atoms with E-state index in [2.05, 4.69) is 71.6 Å². The van der Waals surface area contributed by atoms with E-state index >= 15 is 0 Å². The van der Waals surface area contributed by atoms with Gasteiger partial charge in [-0.2, -0.15) is 0 Å². The third-order valence-corrected chi connectivity index (χ3v) is 6.50. The van der Waals surface area contributed by atoms with Crippen LogP contribution in [0.1, 0.15) is 49.3 Å². The predicted octanol–water partition coefficient (Wildman–Crippen LogP) is 5.20. The summed E-state index contributed by atoms with van der Waals surface area (Å²) in [5.74, 6) is 0.513. The van der Waals surface area contributed by atoms with Gasteiger partial charge in [-0.3, -0.25) is 4.72 Å². The molecule has 29 heavy (non-hydrogen) atoms. The molecule has 0 radical (unpaired) electrons. The zero-order valence-corrected chi connectivity index (χ0v) is 17.7. The van der Waals surface area contributed by atoms with Crippen LogP contribution in [-0.2, 0) is 10.0 Å². The summed E-state index contributed by atoms with van der Waals surface area (Å²) in [5, 5.41) is 6.44. The summed E-state index contributed by atoms with van der Waals surface area (Å²) in [4.78, 5) is 0. The van der Waals surface area contributed by atoms with Gasteiger partial charge in [0.1, 0.15) is 0 Å². The van der Waals surface area contributed by atoms with E-state index in [0.29, 0.717) is 23.7 Å². The highest BCUT2D eigenvalue weighted by Gasteiger charge is 2.27. The fourth-order valence-electron chi connectivity index (χ4n) is 4.54. The highest BCUT2D eigenvalue weighted by molar-refractivity contribution is 7.92. The second kappa shape index (κ2) is 8.17. The van der Waals surface area contributed by atoms with Gasteiger partial charge in [0.2, 0.25) is 10.0 Å². The number of fused-ring (bicyclic) bond motifs is 1. The third-order valence-electron chi connectivity index (χ3n) is 5.89. The molecule has 0 spiro atoms. The van der Waals surface area contributed by atoms with Crippen LogP contribution in [0, 0.1) is 0 Å². The number of hydrogen-bond acceptors (Lipinski definition) is 3. The van der Waals surface area contributed by atoms with E-state index in [1.165, 1.54) is 28.2 Å². The number of rotatable bonds is 6. The maximum atomic E-state index is 11.4. The predicted molar refractivity (Wildman–Crippen MR) is 121 cm³/mol. The van der Waals surface area contributed by atoms with Crippen molar-refractivity contribution in [2.24, 2.45) is 0 Å². The first kappa shape index (κ1) is 19.9. The Hall–Kier alpha value is -2.37. The minimum atomic E-state index is -3.23. The SMILES string of the molecule is C[C@@H](NC1CCC(c2ccc(NS(C)(=O)=O)cc2)C1)c1cccc2ccccc12. The molecule has 1 fully saturated rings. The van der Waals surface area contributed by atoms with Gasteiger partial charge in [-0.25, -0.2) is 8.42 Å². The molecule has 0 amide bonds. The van der Waals surface area contributed by atoms with Crippen molar-refractivity contribution in [3.05, 3.63) is 77.9 Å². The summed E-state index contributed by atoms with van der Waals surface area (Å²) in [6, 6.07) is 23.7. The van der Waals surface area contributed by atoms with Crippen molar-refractivity contribution < 1.29 is 8.42 Å². The Labute approximate surface area is 173 Å². The molecule has 4 rings (SSSR count). The van der Waals surface area contributed by atoms with Crippen LogP contribution >= 0.6 is 0 Å². The number of sulfonamides is 1. The Morgan fingerprint density at radius 2 is 1.66 bits per heavy atom. The Morgan fingerprint density at radius 3 is 2.41 bits per heavy atom. The summed E-state index contributed by atoms with van der Waals surface area (Å²) in [6.45, 7) is 2.25. The molecule has 0 aromatic heterocycles. The Morgan fingerprint density at radius 1 is 0.931 bits per heavy atom. The molecule has 1 aliphatic carbocycles. The van der Waals surface area contributed by atoms with Gasteiger partial charge in [0, 0.05) is 17.8 Å². The molecule has 0 heterocycles. The van der Waals surface area contributed by atoms with E-state index in [9.17, 15) is 8.42 Å². The van der Waals surface area contributed by atoms with Gasteiger partial charge in [0.05, 0.1) is 6.26 Å². The monoisotopic (exact) mass is 408 g/mol. The molecule has 3 aromatic carbocycles. The molecule has 2 N–H and O–H groups in total. The van der Waals surface area contributed by atoms with Crippen LogP contribution in [-0.4, -0.2) is 20.7 Å². The average molecular weight is 409 g/mol. The highest BCUT2D eigenvalue weighted by Crippen LogP contribution is 2.36. The van der Waals surface area contributed by atoms with Gasteiger partial charge in [0.15, 0.2) is 0 Å². The van der Waals surface area contributed by atoms with Crippen LogP contribution in [0.4, 0.5) is 5.69 Å². The van der Waals surface area contributed by atoms with Crippen molar-refractivity contribution in [2.45, 2.75) is 44.2 Å². The molecule has 5 heteroatoms. The Bertz CT molecular complexity index is 1090. The smallest absolute Gasteiger partial charge is 0.229 e. The fraction of sp³-hybridized carbons (Fsp3) is 0.333. The minimum absolute atomic E-state index is 0.297. The molecule has 3 aromatic rings. The van der Waals surface area contributed by atoms with E-state index in [-0.39, 0.29) is 0 Å². The van der Waals surface area contributed by atoms with E-state index < -0.39 is 10.0 Å². The molecular formula is C24H28N2O2S. The van der Waals surface area contributed by atoms with E-state index in [1.807, 2.05) is 12.1 Å². The number of benzene rings is 3. The zero-order chi connectivity index (χ0) is 20.4. The van der Waals surface area contributed by atoms with Crippen LogP contribution < -0.4 is 10.0 Å². The molecule has 1 saturated carbocycles. The largest absolute Gasteiger partial charge is 0.307 e. The molecule has 3 atom stereocenters. The van der Waals surface area contributed by atoms with Crippen LogP contribution in [0.5, 0.6) is 0 Å².